The number of carbonyl (C=O) groups is 1. The lowest BCUT2D eigenvalue weighted by atomic mass is 10.4. The zero-order chi connectivity index (χ0) is 12.7. The lowest BCUT2D eigenvalue weighted by Gasteiger charge is -2.01. The van der Waals surface area contributed by atoms with Crippen molar-refractivity contribution in [3.05, 3.63) is 16.1 Å². The zero-order valence-corrected chi connectivity index (χ0v) is 11.4. The van der Waals surface area contributed by atoms with E-state index < -0.39 is 10.8 Å². The largest absolute Gasteiger partial charge is 0.350 e. The fourth-order valence-electron chi connectivity index (χ4n) is 1.17. The number of rotatable bonds is 7. The summed E-state index contributed by atoms with van der Waals surface area (Å²) in [5.74, 6) is 0.896. The first-order chi connectivity index (χ1) is 8.17. The molecule has 96 valence electrons. The van der Waals surface area contributed by atoms with Crippen LogP contribution in [0.15, 0.2) is 5.38 Å². The molecule has 1 atom stereocenters. The van der Waals surface area contributed by atoms with Crippen molar-refractivity contribution < 1.29 is 9.00 Å². The van der Waals surface area contributed by atoms with E-state index in [0.717, 1.165) is 5.01 Å². The highest BCUT2D eigenvalue weighted by Gasteiger charge is 2.10. The molecule has 0 saturated heterocycles. The maximum Gasteiger partial charge on any atom is 0.270 e. The Labute approximate surface area is 107 Å². The molecule has 0 radical (unpaired) electrons. The second kappa shape index (κ2) is 7.52. The summed E-state index contributed by atoms with van der Waals surface area (Å²) in [6, 6.07) is 0. The average Bonchev–Trinajstić information content (AvgIpc) is 2.78. The lowest BCUT2D eigenvalue weighted by molar-refractivity contribution is 0.0951. The summed E-state index contributed by atoms with van der Waals surface area (Å²) in [6.45, 7) is 2.81. The van der Waals surface area contributed by atoms with Gasteiger partial charge in [-0.2, -0.15) is 0 Å². The molecule has 3 N–H and O–H groups in total. The Morgan fingerprint density at radius 2 is 2.41 bits per heavy atom. The number of nitrogens with zero attached hydrogens (tertiary/aromatic N) is 1. The Kier molecular flexibility index (Phi) is 6.31. The maximum absolute atomic E-state index is 11.6. The Morgan fingerprint density at radius 3 is 3.06 bits per heavy atom. The van der Waals surface area contributed by atoms with E-state index in [4.69, 9.17) is 5.73 Å². The van der Waals surface area contributed by atoms with Crippen LogP contribution < -0.4 is 11.1 Å². The Bertz CT molecular complexity index is 393. The van der Waals surface area contributed by atoms with Crippen molar-refractivity contribution in [2.45, 2.75) is 13.3 Å². The van der Waals surface area contributed by atoms with Crippen molar-refractivity contribution >= 4 is 28.0 Å². The maximum atomic E-state index is 11.6. The molecule has 0 spiro atoms. The van der Waals surface area contributed by atoms with Crippen molar-refractivity contribution in [2.75, 3.05) is 24.6 Å². The summed E-state index contributed by atoms with van der Waals surface area (Å²) in [5.41, 5.74) is 5.82. The molecule has 1 rings (SSSR count). The molecule has 1 unspecified atom stereocenters. The molecular formula is C10H17N3O2S2. The Balaban J connectivity index is 2.38. The van der Waals surface area contributed by atoms with Crippen molar-refractivity contribution in [1.82, 2.24) is 10.3 Å². The quantitative estimate of drug-likeness (QED) is 0.741. The SMILES string of the molecule is CCS(=O)CCNC(=O)c1csc(CCN)n1. The van der Waals surface area contributed by atoms with Gasteiger partial charge in [-0.25, -0.2) is 4.98 Å². The van der Waals surface area contributed by atoms with E-state index in [1.54, 1.807) is 5.38 Å². The molecule has 7 heteroatoms. The van der Waals surface area contributed by atoms with E-state index in [-0.39, 0.29) is 5.91 Å². The summed E-state index contributed by atoms with van der Waals surface area (Å²) >= 11 is 1.43. The number of nitrogens with one attached hydrogen (secondary N) is 1. The van der Waals surface area contributed by atoms with Gasteiger partial charge in [0.25, 0.3) is 5.91 Å². The Morgan fingerprint density at radius 1 is 1.65 bits per heavy atom. The van der Waals surface area contributed by atoms with Gasteiger partial charge in [0.05, 0.1) is 5.01 Å². The lowest BCUT2D eigenvalue weighted by Crippen LogP contribution is -2.28. The number of carbonyl (C=O) groups excluding carboxylic acids is 1. The van der Waals surface area contributed by atoms with E-state index in [2.05, 4.69) is 10.3 Å². The predicted molar refractivity (Wildman–Crippen MR) is 70.8 cm³/mol. The smallest absolute Gasteiger partial charge is 0.270 e. The van der Waals surface area contributed by atoms with Crippen LogP contribution in [0.1, 0.15) is 22.4 Å². The molecule has 1 heterocycles. The first-order valence-corrected chi connectivity index (χ1v) is 7.81. The van der Waals surface area contributed by atoms with Gasteiger partial charge in [0.15, 0.2) is 0 Å². The molecule has 0 aliphatic heterocycles. The number of amides is 1. The molecule has 0 saturated carbocycles. The van der Waals surface area contributed by atoms with Crippen LogP contribution >= 0.6 is 11.3 Å². The number of aromatic nitrogens is 1. The summed E-state index contributed by atoms with van der Waals surface area (Å²) < 4.78 is 11.2. The zero-order valence-electron chi connectivity index (χ0n) is 9.77. The topological polar surface area (TPSA) is 85.1 Å². The molecule has 0 fully saturated rings. The summed E-state index contributed by atoms with van der Waals surface area (Å²) in [4.78, 5) is 15.8. The number of nitrogens with two attached hydrogens (primary N) is 1. The van der Waals surface area contributed by atoms with Crippen molar-refractivity contribution in [3.63, 3.8) is 0 Å². The number of hydrogen-bond acceptors (Lipinski definition) is 5. The third-order valence-electron chi connectivity index (χ3n) is 2.08. The van der Waals surface area contributed by atoms with E-state index >= 15 is 0 Å². The summed E-state index contributed by atoms with van der Waals surface area (Å²) in [7, 11) is -0.847. The fraction of sp³-hybridized carbons (Fsp3) is 0.600. The molecule has 1 amide bonds. The molecule has 1 aromatic rings. The molecular weight excluding hydrogens is 258 g/mol. The highest BCUT2D eigenvalue weighted by atomic mass is 32.2. The van der Waals surface area contributed by atoms with Gasteiger partial charge in [-0.1, -0.05) is 6.92 Å². The van der Waals surface area contributed by atoms with Gasteiger partial charge in [0, 0.05) is 40.7 Å². The predicted octanol–water partition coefficient (Wildman–Crippen LogP) is 0.143. The van der Waals surface area contributed by atoms with E-state index in [9.17, 15) is 9.00 Å². The normalized spacial score (nSPS) is 12.4. The van der Waals surface area contributed by atoms with Crippen molar-refractivity contribution in [1.29, 1.82) is 0 Å². The molecule has 0 aliphatic rings. The Hall–Kier alpha value is -0.790. The molecule has 1 aromatic heterocycles. The van der Waals surface area contributed by atoms with E-state index in [1.807, 2.05) is 6.92 Å². The van der Waals surface area contributed by atoms with Crippen molar-refractivity contribution in [2.24, 2.45) is 5.73 Å². The second-order valence-corrected chi connectivity index (χ2v) is 6.16. The monoisotopic (exact) mass is 275 g/mol. The number of thiazole rings is 1. The van der Waals surface area contributed by atoms with Gasteiger partial charge < -0.3 is 11.1 Å². The second-order valence-electron chi connectivity index (χ2n) is 3.35. The van der Waals surface area contributed by atoms with Crippen LogP contribution in [0, 0.1) is 0 Å². The van der Waals surface area contributed by atoms with Gasteiger partial charge in [-0.05, 0) is 6.54 Å². The minimum absolute atomic E-state index is 0.211. The third kappa shape index (κ3) is 4.93. The molecule has 0 bridgehead atoms. The molecule has 0 aliphatic carbocycles. The van der Waals surface area contributed by atoms with Crippen LogP contribution in [0.25, 0.3) is 0 Å². The summed E-state index contributed by atoms with van der Waals surface area (Å²) in [6.07, 6.45) is 0.692. The highest BCUT2D eigenvalue weighted by Crippen LogP contribution is 2.09. The van der Waals surface area contributed by atoms with Gasteiger partial charge in [0.2, 0.25) is 0 Å². The van der Waals surface area contributed by atoms with Gasteiger partial charge in [0.1, 0.15) is 5.69 Å². The average molecular weight is 275 g/mol. The van der Waals surface area contributed by atoms with Crippen LogP contribution in [-0.2, 0) is 17.2 Å². The standard InChI is InChI=1S/C10H17N3O2S2/c1-2-17(15)6-5-12-10(14)8-7-16-9(13-8)3-4-11/h7H,2-6,11H2,1H3,(H,12,14). The summed E-state index contributed by atoms with van der Waals surface area (Å²) in [5, 5.41) is 5.29. The van der Waals surface area contributed by atoms with E-state index in [1.165, 1.54) is 11.3 Å². The van der Waals surface area contributed by atoms with E-state index in [0.29, 0.717) is 36.7 Å². The van der Waals surface area contributed by atoms with Crippen LogP contribution in [-0.4, -0.2) is 39.7 Å². The minimum Gasteiger partial charge on any atom is -0.350 e. The van der Waals surface area contributed by atoms with Gasteiger partial charge >= 0.3 is 0 Å². The first-order valence-electron chi connectivity index (χ1n) is 5.45. The van der Waals surface area contributed by atoms with Gasteiger partial charge in [-0.3, -0.25) is 9.00 Å². The van der Waals surface area contributed by atoms with Crippen LogP contribution in [0.4, 0.5) is 0 Å². The first kappa shape index (κ1) is 14.3. The van der Waals surface area contributed by atoms with Crippen molar-refractivity contribution in [3.8, 4) is 0 Å². The fourth-order valence-corrected chi connectivity index (χ4v) is 2.58. The van der Waals surface area contributed by atoms with Crippen LogP contribution in [0.2, 0.25) is 0 Å². The third-order valence-corrected chi connectivity index (χ3v) is 4.29. The van der Waals surface area contributed by atoms with Crippen LogP contribution in [0.3, 0.4) is 0 Å². The number of hydrogen-bond donors (Lipinski definition) is 2. The molecule has 17 heavy (non-hydrogen) atoms. The highest BCUT2D eigenvalue weighted by molar-refractivity contribution is 7.84. The van der Waals surface area contributed by atoms with Gasteiger partial charge in [-0.15, -0.1) is 11.3 Å². The van der Waals surface area contributed by atoms with Crippen LogP contribution in [0.5, 0.6) is 0 Å². The molecule has 5 nitrogen and oxygen atoms in total. The minimum atomic E-state index is -0.847. The molecule has 0 aromatic carbocycles.